The van der Waals surface area contributed by atoms with Gasteiger partial charge in [0, 0.05) is 12.0 Å². The zero-order chi connectivity index (χ0) is 23.0. The topological polar surface area (TPSA) is 105 Å². The van der Waals surface area contributed by atoms with E-state index in [2.05, 4.69) is 34.9 Å². The van der Waals surface area contributed by atoms with Crippen LogP contribution >= 0.6 is 0 Å². The Balaban J connectivity index is 1.22. The fraction of sp³-hybridized carbons (Fsp3) is 0.346. The van der Waals surface area contributed by atoms with Gasteiger partial charge in [0.25, 0.3) is 0 Å². The number of carboxylic acids is 1. The number of fused-ring (bicyclic) bond motifs is 3. The third-order valence-electron chi connectivity index (χ3n) is 7.04. The summed E-state index contributed by atoms with van der Waals surface area (Å²) in [5.74, 6) is -1.84. The predicted molar refractivity (Wildman–Crippen MR) is 122 cm³/mol. The molecule has 2 aromatic rings. The fourth-order valence-corrected chi connectivity index (χ4v) is 5.06. The maximum atomic E-state index is 12.9. The van der Waals surface area contributed by atoms with Crippen LogP contribution in [0.3, 0.4) is 0 Å². The van der Waals surface area contributed by atoms with Crippen molar-refractivity contribution in [2.24, 2.45) is 5.92 Å². The third-order valence-corrected chi connectivity index (χ3v) is 7.04. The van der Waals surface area contributed by atoms with Crippen molar-refractivity contribution < 1.29 is 24.2 Å². The Morgan fingerprint density at radius 3 is 2.15 bits per heavy atom. The number of aliphatic carboxylic acids is 1. The van der Waals surface area contributed by atoms with Gasteiger partial charge in [0.2, 0.25) is 5.91 Å². The second-order valence-electron chi connectivity index (χ2n) is 9.03. The number of benzene rings is 2. The number of ether oxygens (including phenoxy) is 1. The Labute approximate surface area is 191 Å². The first-order valence-corrected chi connectivity index (χ1v) is 11.3. The average Bonchev–Trinajstić information content (AvgIpc) is 3.38. The number of hydrogen-bond acceptors (Lipinski definition) is 4. The first-order chi connectivity index (χ1) is 16.0. The molecule has 3 N–H and O–H groups in total. The van der Waals surface area contributed by atoms with E-state index in [1.54, 1.807) is 12.2 Å². The van der Waals surface area contributed by atoms with Crippen molar-refractivity contribution in [3.05, 3.63) is 71.8 Å². The van der Waals surface area contributed by atoms with Crippen LogP contribution in [0.25, 0.3) is 11.1 Å². The Morgan fingerprint density at radius 2 is 1.61 bits per heavy atom. The van der Waals surface area contributed by atoms with Gasteiger partial charge in [0.05, 0.1) is 5.92 Å². The van der Waals surface area contributed by atoms with Crippen molar-refractivity contribution in [1.29, 1.82) is 0 Å². The summed E-state index contributed by atoms with van der Waals surface area (Å²) in [4.78, 5) is 36.8. The van der Waals surface area contributed by atoms with Crippen LogP contribution in [-0.2, 0) is 14.3 Å². The highest BCUT2D eigenvalue weighted by atomic mass is 16.5. The molecule has 33 heavy (non-hydrogen) atoms. The van der Waals surface area contributed by atoms with E-state index in [4.69, 9.17) is 9.84 Å². The zero-order valence-electron chi connectivity index (χ0n) is 18.1. The summed E-state index contributed by atoms with van der Waals surface area (Å²) in [5, 5.41) is 14.8. The molecule has 7 nitrogen and oxygen atoms in total. The van der Waals surface area contributed by atoms with Crippen molar-refractivity contribution >= 4 is 18.0 Å². The molecule has 0 radical (unpaired) electrons. The van der Waals surface area contributed by atoms with E-state index in [0.717, 1.165) is 28.7 Å². The maximum Gasteiger partial charge on any atom is 0.408 e. The minimum Gasteiger partial charge on any atom is -0.481 e. The summed E-state index contributed by atoms with van der Waals surface area (Å²) in [6.07, 6.45) is 4.90. The largest absolute Gasteiger partial charge is 0.481 e. The van der Waals surface area contributed by atoms with Crippen LogP contribution < -0.4 is 10.6 Å². The smallest absolute Gasteiger partial charge is 0.408 e. The summed E-state index contributed by atoms with van der Waals surface area (Å²) in [6.45, 7) is 0.184. The summed E-state index contributed by atoms with van der Waals surface area (Å²) in [6, 6.07) is 15.9. The van der Waals surface area contributed by atoms with E-state index < -0.39 is 23.5 Å². The quantitative estimate of drug-likeness (QED) is 0.588. The summed E-state index contributed by atoms with van der Waals surface area (Å²) >= 11 is 0. The van der Waals surface area contributed by atoms with Crippen LogP contribution in [-0.4, -0.2) is 41.3 Å². The van der Waals surface area contributed by atoms with Gasteiger partial charge in [-0.3, -0.25) is 9.59 Å². The number of carbonyl (C=O) groups excluding carboxylic acids is 2. The molecule has 3 aliphatic carbocycles. The molecule has 3 aliphatic rings. The number of nitrogens with one attached hydrogen (secondary N) is 2. The lowest BCUT2D eigenvalue weighted by atomic mass is 9.76. The van der Waals surface area contributed by atoms with Crippen molar-refractivity contribution in [2.45, 2.75) is 43.2 Å². The van der Waals surface area contributed by atoms with Gasteiger partial charge in [0.1, 0.15) is 12.1 Å². The first kappa shape index (κ1) is 21.2. The minimum atomic E-state index is -1.00. The van der Waals surface area contributed by atoms with Gasteiger partial charge in [-0.1, -0.05) is 60.7 Å². The minimum absolute atomic E-state index is 0.0501. The average molecular weight is 447 g/mol. The molecule has 2 atom stereocenters. The second-order valence-corrected chi connectivity index (χ2v) is 9.03. The second kappa shape index (κ2) is 8.39. The normalized spacial score (nSPS) is 22.1. The van der Waals surface area contributed by atoms with Crippen LogP contribution in [0.1, 0.15) is 42.7 Å². The molecule has 2 aromatic carbocycles. The molecule has 2 unspecified atom stereocenters. The molecule has 0 aromatic heterocycles. The molecule has 1 fully saturated rings. The molecule has 0 heterocycles. The van der Waals surface area contributed by atoms with E-state index in [1.807, 2.05) is 24.3 Å². The SMILES string of the molecule is O=C(NC1(C(=O)NC2C=CC(C(=O)O)C2)CCC1)OCC1c2ccccc2-c2ccccc21. The first-order valence-electron chi connectivity index (χ1n) is 11.3. The molecule has 7 heteroatoms. The Morgan fingerprint density at radius 1 is 0.970 bits per heavy atom. The van der Waals surface area contributed by atoms with Crippen LogP contribution in [0.4, 0.5) is 4.79 Å². The van der Waals surface area contributed by atoms with E-state index in [9.17, 15) is 14.4 Å². The Bertz CT molecular complexity index is 1090. The molecule has 0 spiro atoms. The summed E-state index contributed by atoms with van der Waals surface area (Å²) in [5.41, 5.74) is 3.56. The highest BCUT2D eigenvalue weighted by Gasteiger charge is 2.47. The number of rotatable bonds is 6. The van der Waals surface area contributed by atoms with E-state index in [1.165, 1.54) is 0 Å². The lowest BCUT2D eigenvalue weighted by Crippen LogP contribution is -2.64. The predicted octanol–water partition coefficient (Wildman–Crippen LogP) is 3.59. The van der Waals surface area contributed by atoms with Crippen LogP contribution in [0, 0.1) is 5.92 Å². The van der Waals surface area contributed by atoms with E-state index in [-0.39, 0.29) is 24.5 Å². The van der Waals surface area contributed by atoms with Crippen molar-refractivity contribution in [1.82, 2.24) is 10.6 Å². The number of hydrogen-bond donors (Lipinski definition) is 3. The van der Waals surface area contributed by atoms with Crippen molar-refractivity contribution in [3.8, 4) is 11.1 Å². The fourth-order valence-electron chi connectivity index (χ4n) is 5.06. The van der Waals surface area contributed by atoms with Gasteiger partial charge >= 0.3 is 12.1 Å². The number of alkyl carbamates (subject to hydrolysis) is 1. The Hall–Kier alpha value is -3.61. The molecular formula is C26H26N2O5. The molecule has 2 amide bonds. The number of carboxylic acid groups (broad SMARTS) is 1. The van der Waals surface area contributed by atoms with Gasteiger partial charge in [-0.15, -0.1) is 0 Å². The lowest BCUT2D eigenvalue weighted by Gasteiger charge is -2.41. The van der Waals surface area contributed by atoms with Gasteiger partial charge < -0.3 is 20.5 Å². The number of carbonyl (C=O) groups is 3. The maximum absolute atomic E-state index is 12.9. The molecule has 5 rings (SSSR count). The standard InChI is InChI=1S/C26H26N2O5/c29-23(30)16-10-11-17(14-16)27-24(31)26(12-5-13-26)28-25(32)33-15-22-20-8-3-1-6-18(20)19-7-2-4-9-21(19)22/h1-4,6-11,16-17,22H,5,12-15H2,(H,27,31)(H,28,32)(H,29,30). The van der Waals surface area contributed by atoms with E-state index in [0.29, 0.717) is 19.3 Å². The van der Waals surface area contributed by atoms with Crippen LogP contribution in [0.2, 0.25) is 0 Å². The molecular weight excluding hydrogens is 420 g/mol. The molecule has 1 saturated carbocycles. The lowest BCUT2D eigenvalue weighted by molar-refractivity contribution is -0.140. The third kappa shape index (κ3) is 3.88. The van der Waals surface area contributed by atoms with E-state index >= 15 is 0 Å². The van der Waals surface area contributed by atoms with Crippen molar-refractivity contribution in [2.75, 3.05) is 6.61 Å². The molecule has 0 saturated heterocycles. The highest BCUT2D eigenvalue weighted by molar-refractivity contribution is 5.91. The molecule has 0 bridgehead atoms. The van der Waals surface area contributed by atoms with Gasteiger partial charge in [-0.05, 0) is 47.9 Å². The highest BCUT2D eigenvalue weighted by Crippen LogP contribution is 2.44. The molecule has 0 aliphatic heterocycles. The van der Waals surface area contributed by atoms with Gasteiger partial charge in [-0.25, -0.2) is 4.79 Å². The van der Waals surface area contributed by atoms with Gasteiger partial charge in [-0.2, -0.15) is 0 Å². The van der Waals surface area contributed by atoms with Crippen LogP contribution in [0.5, 0.6) is 0 Å². The number of amides is 2. The summed E-state index contributed by atoms with van der Waals surface area (Å²) < 4.78 is 5.62. The Kier molecular flexibility index (Phi) is 5.40. The summed E-state index contributed by atoms with van der Waals surface area (Å²) in [7, 11) is 0. The molecule has 170 valence electrons. The van der Waals surface area contributed by atoms with Gasteiger partial charge in [0.15, 0.2) is 0 Å². The van der Waals surface area contributed by atoms with Crippen LogP contribution in [0.15, 0.2) is 60.7 Å². The monoisotopic (exact) mass is 446 g/mol. The zero-order valence-corrected chi connectivity index (χ0v) is 18.1. The van der Waals surface area contributed by atoms with Crippen molar-refractivity contribution in [3.63, 3.8) is 0 Å².